The molecule has 8 heteroatoms. The van der Waals surface area contributed by atoms with Crippen LogP contribution in [-0.2, 0) is 16.0 Å². The fraction of sp³-hybridized carbons (Fsp3) is 0.520. The maximum Gasteiger partial charge on any atom is 0.222 e. The number of aryl methyl sites for hydroxylation is 2. The van der Waals surface area contributed by atoms with Crippen molar-refractivity contribution in [2.75, 3.05) is 37.3 Å². The molecule has 0 spiro atoms. The van der Waals surface area contributed by atoms with Gasteiger partial charge in [0.1, 0.15) is 5.82 Å². The Labute approximate surface area is 200 Å². The van der Waals surface area contributed by atoms with E-state index >= 15 is 0 Å². The third-order valence-electron chi connectivity index (χ3n) is 6.74. The van der Waals surface area contributed by atoms with E-state index < -0.39 is 0 Å². The molecule has 1 atom stereocenters. The number of carbonyl (C=O) groups excluding carboxylic acids is 2. The van der Waals surface area contributed by atoms with Crippen LogP contribution in [0.25, 0.3) is 0 Å². The second-order valence-electron chi connectivity index (χ2n) is 9.14. The number of aromatic nitrogens is 2. The zero-order valence-electron chi connectivity index (χ0n) is 19.8. The molecule has 2 amide bonds. The lowest BCUT2D eigenvalue weighted by Gasteiger charge is -2.37. The third-order valence-corrected chi connectivity index (χ3v) is 7.48. The van der Waals surface area contributed by atoms with E-state index in [0.717, 1.165) is 43.1 Å². The van der Waals surface area contributed by atoms with Crippen LogP contribution < -0.4 is 10.2 Å². The first-order valence-electron chi connectivity index (χ1n) is 11.6. The normalized spacial score (nSPS) is 20.8. The number of hydrogen-bond acceptors (Lipinski definition) is 6. The second kappa shape index (κ2) is 10.1. The minimum atomic E-state index is -0.330. The summed E-state index contributed by atoms with van der Waals surface area (Å²) in [4.78, 5) is 39.6. The standard InChI is InChI=1S/C25H33N5O2S/c1-18-17-26-19(2)24(27-18)30-14-12-29(13-15-30)23(32)9-11-25(10-8-22(31)28-25)16-20-4-6-21(33-3)7-5-20/h4-7,17H,8-16H2,1-3H3,(H,28,31)/t25-/m1/s1. The van der Waals surface area contributed by atoms with Gasteiger partial charge in [-0.1, -0.05) is 12.1 Å². The van der Waals surface area contributed by atoms with Gasteiger partial charge in [-0.2, -0.15) is 0 Å². The average molecular weight is 468 g/mol. The Kier molecular flexibility index (Phi) is 7.22. The molecule has 7 nitrogen and oxygen atoms in total. The number of piperazine rings is 1. The fourth-order valence-electron chi connectivity index (χ4n) is 4.81. The Morgan fingerprint density at radius 2 is 1.88 bits per heavy atom. The average Bonchev–Trinajstić information content (AvgIpc) is 3.20. The highest BCUT2D eigenvalue weighted by atomic mass is 32.2. The van der Waals surface area contributed by atoms with Gasteiger partial charge in [0.25, 0.3) is 0 Å². The highest BCUT2D eigenvalue weighted by Crippen LogP contribution is 2.30. The molecular weight excluding hydrogens is 434 g/mol. The van der Waals surface area contributed by atoms with Gasteiger partial charge in [0, 0.05) is 55.7 Å². The Bertz CT molecular complexity index is 1000. The van der Waals surface area contributed by atoms with E-state index in [-0.39, 0.29) is 17.4 Å². The summed E-state index contributed by atoms with van der Waals surface area (Å²) < 4.78 is 0. The zero-order valence-corrected chi connectivity index (χ0v) is 20.6. The van der Waals surface area contributed by atoms with Gasteiger partial charge in [-0.15, -0.1) is 11.8 Å². The molecule has 3 heterocycles. The highest BCUT2D eigenvalue weighted by molar-refractivity contribution is 7.98. The van der Waals surface area contributed by atoms with Gasteiger partial charge < -0.3 is 15.1 Å². The summed E-state index contributed by atoms with van der Waals surface area (Å²) in [6, 6.07) is 8.51. The van der Waals surface area contributed by atoms with E-state index in [1.807, 2.05) is 18.7 Å². The number of nitrogens with one attached hydrogen (secondary N) is 1. The van der Waals surface area contributed by atoms with Crippen LogP contribution in [-0.4, -0.2) is 64.7 Å². The maximum atomic E-state index is 13.0. The van der Waals surface area contributed by atoms with Crippen molar-refractivity contribution in [3.05, 3.63) is 47.4 Å². The molecule has 1 N–H and O–H groups in total. The third kappa shape index (κ3) is 5.66. The first kappa shape index (κ1) is 23.5. The minimum Gasteiger partial charge on any atom is -0.352 e. The van der Waals surface area contributed by atoms with Crippen molar-refractivity contribution in [3.8, 4) is 0 Å². The van der Waals surface area contributed by atoms with Crippen molar-refractivity contribution in [2.45, 2.75) is 56.4 Å². The molecule has 4 rings (SSSR count). The molecule has 2 saturated heterocycles. The largest absolute Gasteiger partial charge is 0.352 e. The maximum absolute atomic E-state index is 13.0. The molecule has 176 valence electrons. The first-order chi connectivity index (χ1) is 15.9. The zero-order chi connectivity index (χ0) is 23.4. The van der Waals surface area contributed by atoms with Gasteiger partial charge >= 0.3 is 0 Å². The molecule has 2 aliphatic rings. The topological polar surface area (TPSA) is 78.4 Å². The van der Waals surface area contributed by atoms with Crippen LogP contribution in [0.2, 0.25) is 0 Å². The molecule has 2 aliphatic heterocycles. The van der Waals surface area contributed by atoms with Crippen molar-refractivity contribution in [1.29, 1.82) is 0 Å². The van der Waals surface area contributed by atoms with E-state index in [9.17, 15) is 9.59 Å². The summed E-state index contributed by atoms with van der Waals surface area (Å²) >= 11 is 1.72. The monoisotopic (exact) mass is 467 g/mol. The fourth-order valence-corrected chi connectivity index (χ4v) is 5.22. The second-order valence-corrected chi connectivity index (χ2v) is 10.0. The van der Waals surface area contributed by atoms with Crippen LogP contribution >= 0.6 is 11.8 Å². The molecular formula is C25H33N5O2S. The van der Waals surface area contributed by atoms with Gasteiger partial charge in [-0.3, -0.25) is 14.6 Å². The lowest BCUT2D eigenvalue weighted by atomic mass is 9.85. The van der Waals surface area contributed by atoms with E-state index in [2.05, 4.69) is 50.7 Å². The van der Waals surface area contributed by atoms with Gasteiger partial charge in [0.15, 0.2) is 0 Å². The predicted octanol–water partition coefficient (Wildman–Crippen LogP) is 3.14. The minimum absolute atomic E-state index is 0.0893. The Balaban J connectivity index is 1.34. The molecule has 2 aromatic rings. The SMILES string of the molecule is CSc1ccc(C[C@]2(CCC(=O)N3CCN(c4nc(C)cnc4C)CC3)CCC(=O)N2)cc1. The number of benzene rings is 1. The number of rotatable bonds is 7. The summed E-state index contributed by atoms with van der Waals surface area (Å²) in [6.45, 7) is 6.81. The molecule has 1 aromatic heterocycles. The summed E-state index contributed by atoms with van der Waals surface area (Å²) in [5.74, 6) is 1.17. The predicted molar refractivity (Wildman–Crippen MR) is 132 cm³/mol. The van der Waals surface area contributed by atoms with Crippen LogP contribution in [0.3, 0.4) is 0 Å². The molecule has 2 fully saturated rings. The molecule has 1 aromatic carbocycles. The van der Waals surface area contributed by atoms with Crippen molar-refractivity contribution in [1.82, 2.24) is 20.2 Å². The van der Waals surface area contributed by atoms with Crippen LogP contribution in [0.1, 0.15) is 42.6 Å². The van der Waals surface area contributed by atoms with Gasteiger partial charge in [0.05, 0.1) is 11.4 Å². The summed E-state index contributed by atoms with van der Waals surface area (Å²) in [5, 5.41) is 3.20. The summed E-state index contributed by atoms with van der Waals surface area (Å²) in [6.07, 6.45) is 7.05. The Morgan fingerprint density at radius 1 is 1.15 bits per heavy atom. The first-order valence-corrected chi connectivity index (χ1v) is 12.9. The van der Waals surface area contributed by atoms with Crippen molar-refractivity contribution in [2.24, 2.45) is 0 Å². The number of nitrogens with zero attached hydrogens (tertiary/aromatic N) is 4. The van der Waals surface area contributed by atoms with Crippen molar-refractivity contribution >= 4 is 29.4 Å². The Morgan fingerprint density at radius 3 is 2.52 bits per heavy atom. The molecule has 0 radical (unpaired) electrons. The summed E-state index contributed by atoms with van der Waals surface area (Å²) in [7, 11) is 0. The number of hydrogen-bond donors (Lipinski definition) is 1. The van der Waals surface area contributed by atoms with Crippen LogP contribution in [0.15, 0.2) is 35.4 Å². The van der Waals surface area contributed by atoms with Crippen LogP contribution in [0.5, 0.6) is 0 Å². The smallest absolute Gasteiger partial charge is 0.222 e. The van der Waals surface area contributed by atoms with E-state index in [4.69, 9.17) is 0 Å². The molecule has 0 unspecified atom stereocenters. The van der Waals surface area contributed by atoms with E-state index in [0.29, 0.717) is 32.4 Å². The van der Waals surface area contributed by atoms with Gasteiger partial charge in [-0.25, -0.2) is 4.98 Å². The van der Waals surface area contributed by atoms with Crippen molar-refractivity contribution < 1.29 is 9.59 Å². The molecule has 0 saturated carbocycles. The molecule has 0 bridgehead atoms. The molecule has 33 heavy (non-hydrogen) atoms. The van der Waals surface area contributed by atoms with Gasteiger partial charge in [0.2, 0.25) is 11.8 Å². The lowest BCUT2D eigenvalue weighted by molar-refractivity contribution is -0.132. The molecule has 0 aliphatic carbocycles. The Hall–Kier alpha value is -2.61. The number of carbonyl (C=O) groups is 2. The number of amides is 2. The number of anilines is 1. The van der Waals surface area contributed by atoms with Crippen LogP contribution in [0.4, 0.5) is 5.82 Å². The van der Waals surface area contributed by atoms with Gasteiger partial charge in [-0.05, 0) is 57.1 Å². The highest BCUT2D eigenvalue weighted by Gasteiger charge is 2.38. The summed E-state index contributed by atoms with van der Waals surface area (Å²) in [5.41, 5.74) is 2.70. The van der Waals surface area contributed by atoms with Crippen LogP contribution in [0, 0.1) is 13.8 Å². The van der Waals surface area contributed by atoms with E-state index in [1.165, 1.54) is 10.5 Å². The quantitative estimate of drug-likeness (QED) is 0.631. The van der Waals surface area contributed by atoms with E-state index in [1.54, 1.807) is 18.0 Å². The van der Waals surface area contributed by atoms with Crippen molar-refractivity contribution in [3.63, 3.8) is 0 Å². The lowest BCUT2D eigenvalue weighted by Crippen LogP contribution is -2.50. The number of thioether (sulfide) groups is 1.